The minimum Gasteiger partial charge on any atom is -0.384 e. The van der Waals surface area contributed by atoms with Crippen molar-refractivity contribution in [3.63, 3.8) is 0 Å². The molecule has 0 aromatic heterocycles. The van der Waals surface area contributed by atoms with Crippen molar-refractivity contribution >= 4 is 5.91 Å². The molecule has 4 heteroatoms. The van der Waals surface area contributed by atoms with Crippen LogP contribution in [-0.2, 0) is 14.3 Å². The van der Waals surface area contributed by atoms with Crippen molar-refractivity contribution in [1.29, 1.82) is 0 Å². The predicted molar refractivity (Wildman–Crippen MR) is 57.7 cm³/mol. The number of hydrogen-bond acceptors (Lipinski definition) is 3. The molecule has 88 valence electrons. The number of carbonyl (C=O) groups excluding carboxylic acids is 1. The fourth-order valence-corrected chi connectivity index (χ4v) is 1.87. The van der Waals surface area contributed by atoms with Crippen molar-refractivity contribution in [3.8, 4) is 0 Å². The Labute approximate surface area is 91.5 Å². The third kappa shape index (κ3) is 4.18. The van der Waals surface area contributed by atoms with Gasteiger partial charge in [0.15, 0.2) is 0 Å². The molecule has 1 amide bonds. The zero-order chi connectivity index (χ0) is 11.1. The second-order valence-corrected chi connectivity index (χ2v) is 3.92. The Morgan fingerprint density at radius 3 is 2.60 bits per heavy atom. The number of nitrogens with zero attached hydrogens (tertiary/aromatic N) is 1. The van der Waals surface area contributed by atoms with E-state index < -0.39 is 0 Å². The highest BCUT2D eigenvalue weighted by Gasteiger charge is 2.22. The summed E-state index contributed by atoms with van der Waals surface area (Å²) in [4.78, 5) is 13.5. The van der Waals surface area contributed by atoms with Gasteiger partial charge in [0.25, 0.3) is 0 Å². The molecule has 1 aliphatic heterocycles. The highest BCUT2D eigenvalue weighted by molar-refractivity contribution is 5.77. The number of methoxy groups -OCH3 is 1. The van der Waals surface area contributed by atoms with Gasteiger partial charge in [-0.3, -0.25) is 4.79 Å². The summed E-state index contributed by atoms with van der Waals surface area (Å²) < 4.78 is 10.2. The van der Waals surface area contributed by atoms with Crippen LogP contribution < -0.4 is 0 Å². The van der Waals surface area contributed by atoms with E-state index in [4.69, 9.17) is 9.47 Å². The number of piperidine rings is 1. The van der Waals surface area contributed by atoms with Gasteiger partial charge in [-0.1, -0.05) is 0 Å². The second kappa shape index (κ2) is 6.80. The van der Waals surface area contributed by atoms with Gasteiger partial charge in [0, 0.05) is 33.4 Å². The zero-order valence-electron chi connectivity index (χ0n) is 9.70. The number of likely N-dealkylation sites (tertiary alicyclic amines) is 1. The molecule has 1 aliphatic rings. The van der Waals surface area contributed by atoms with E-state index in [2.05, 4.69) is 0 Å². The van der Waals surface area contributed by atoms with Crippen LogP contribution in [-0.4, -0.2) is 50.8 Å². The molecule has 0 N–H and O–H groups in total. The lowest BCUT2D eigenvalue weighted by atomic mass is 9.98. The molecular formula is C11H21NO3. The van der Waals surface area contributed by atoms with Gasteiger partial charge in [0.2, 0.25) is 5.91 Å². The van der Waals surface area contributed by atoms with Gasteiger partial charge in [-0.25, -0.2) is 0 Å². The maximum atomic E-state index is 11.6. The summed E-state index contributed by atoms with van der Waals surface area (Å²) in [6, 6.07) is 0. The number of carbonyl (C=O) groups is 1. The van der Waals surface area contributed by atoms with Crippen LogP contribution in [0.5, 0.6) is 0 Å². The topological polar surface area (TPSA) is 38.8 Å². The molecule has 0 aromatic carbocycles. The molecule has 0 aromatic rings. The molecule has 1 fully saturated rings. The Morgan fingerprint density at radius 2 is 2.07 bits per heavy atom. The van der Waals surface area contributed by atoms with Crippen LogP contribution in [0, 0.1) is 5.92 Å². The summed E-state index contributed by atoms with van der Waals surface area (Å²) in [7, 11) is 1.73. The quantitative estimate of drug-likeness (QED) is 0.684. The lowest BCUT2D eigenvalue weighted by Crippen LogP contribution is -2.41. The van der Waals surface area contributed by atoms with Gasteiger partial charge >= 0.3 is 0 Å². The Hall–Kier alpha value is -0.610. The molecule has 4 nitrogen and oxygen atoms in total. The monoisotopic (exact) mass is 215 g/mol. The van der Waals surface area contributed by atoms with Crippen molar-refractivity contribution in [3.05, 3.63) is 0 Å². The van der Waals surface area contributed by atoms with Crippen LogP contribution >= 0.6 is 0 Å². The first kappa shape index (κ1) is 12.5. The van der Waals surface area contributed by atoms with Gasteiger partial charge in [-0.05, 0) is 25.7 Å². The molecule has 0 atom stereocenters. The minimum atomic E-state index is 0.118. The lowest BCUT2D eigenvalue weighted by Gasteiger charge is -2.31. The third-order valence-corrected chi connectivity index (χ3v) is 2.80. The van der Waals surface area contributed by atoms with Crippen LogP contribution in [0.3, 0.4) is 0 Å². The Morgan fingerprint density at radius 1 is 1.40 bits per heavy atom. The Bertz CT molecular complexity index is 188. The molecule has 0 spiro atoms. The number of ether oxygens (including phenoxy) is 2. The summed E-state index contributed by atoms with van der Waals surface area (Å²) in [6.07, 6.45) is 2.09. The summed E-state index contributed by atoms with van der Waals surface area (Å²) in [5.41, 5.74) is 0. The van der Waals surface area contributed by atoms with E-state index in [-0.39, 0.29) is 12.5 Å². The summed E-state index contributed by atoms with van der Waals surface area (Å²) >= 11 is 0. The number of rotatable bonds is 5. The fraction of sp³-hybridized carbons (Fsp3) is 0.909. The van der Waals surface area contributed by atoms with Crippen LogP contribution in [0.15, 0.2) is 0 Å². The SMILES string of the molecule is CCOCC(=O)N1CCC(COC)CC1. The normalized spacial score (nSPS) is 18.1. The first-order valence-electron chi connectivity index (χ1n) is 5.62. The highest BCUT2D eigenvalue weighted by atomic mass is 16.5. The van der Waals surface area contributed by atoms with E-state index >= 15 is 0 Å². The van der Waals surface area contributed by atoms with Gasteiger partial charge < -0.3 is 14.4 Å². The van der Waals surface area contributed by atoms with Gasteiger partial charge in [-0.2, -0.15) is 0 Å². The fourth-order valence-electron chi connectivity index (χ4n) is 1.87. The molecule has 1 saturated heterocycles. The standard InChI is InChI=1S/C11H21NO3/c1-3-15-9-11(13)12-6-4-10(5-7-12)8-14-2/h10H,3-9H2,1-2H3. The summed E-state index contributed by atoms with van der Waals surface area (Å²) in [5.74, 6) is 0.735. The third-order valence-electron chi connectivity index (χ3n) is 2.80. The van der Waals surface area contributed by atoms with Crippen molar-refractivity contribution in [2.24, 2.45) is 5.92 Å². The second-order valence-electron chi connectivity index (χ2n) is 3.92. The van der Waals surface area contributed by atoms with Crippen LogP contribution in [0.2, 0.25) is 0 Å². The number of amides is 1. The van der Waals surface area contributed by atoms with Crippen LogP contribution in [0.1, 0.15) is 19.8 Å². The highest BCUT2D eigenvalue weighted by Crippen LogP contribution is 2.17. The average Bonchev–Trinajstić information content (AvgIpc) is 2.27. The molecule has 0 unspecified atom stereocenters. The first-order chi connectivity index (χ1) is 7.27. The first-order valence-corrected chi connectivity index (χ1v) is 5.62. The van der Waals surface area contributed by atoms with E-state index in [9.17, 15) is 4.79 Å². The van der Waals surface area contributed by atoms with E-state index in [1.165, 1.54) is 0 Å². The summed E-state index contributed by atoms with van der Waals surface area (Å²) in [5, 5.41) is 0. The molecule has 0 bridgehead atoms. The smallest absolute Gasteiger partial charge is 0.248 e. The molecule has 15 heavy (non-hydrogen) atoms. The van der Waals surface area contributed by atoms with E-state index in [1.807, 2.05) is 11.8 Å². The minimum absolute atomic E-state index is 0.118. The van der Waals surface area contributed by atoms with Crippen molar-refractivity contribution in [2.45, 2.75) is 19.8 Å². The van der Waals surface area contributed by atoms with Crippen LogP contribution in [0.4, 0.5) is 0 Å². The largest absolute Gasteiger partial charge is 0.384 e. The molecule has 1 heterocycles. The Balaban J connectivity index is 2.21. The van der Waals surface area contributed by atoms with Gasteiger partial charge in [0.05, 0.1) is 0 Å². The molecule has 0 radical (unpaired) electrons. The van der Waals surface area contributed by atoms with E-state index in [1.54, 1.807) is 7.11 Å². The van der Waals surface area contributed by atoms with Crippen molar-refractivity contribution < 1.29 is 14.3 Å². The maximum absolute atomic E-state index is 11.6. The van der Waals surface area contributed by atoms with Crippen LogP contribution in [0.25, 0.3) is 0 Å². The molecular weight excluding hydrogens is 194 g/mol. The summed E-state index contributed by atoms with van der Waals surface area (Å²) in [6.45, 7) is 5.24. The average molecular weight is 215 g/mol. The van der Waals surface area contributed by atoms with Gasteiger partial charge in [-0.15, -0.1) is 0 Å². The predicted octanol–water partition coefficient (Wildman–Crippen LogP) is 0.908. The zero-order valence-corrected chi connectivity index (χ0v) is 9.70. The molecule has 0 saturated carbocycles. The van der Waals surface area contributed by atoms with Crippen molar-refractivity contribution in [1.82, 2.24) is 4.90 Å². The molecule has 1 rings (SSSR count). The lowest BCUT2D eigenvalue weighted by molar-refractivity contribution is -0.137. The van der Waals surface area contributed by atoms with E-state index in [0.717, 1.165) is 32.5 Å². The van der Waals surface area contributed by atoms with Gasteiger partial charge in [0.1, 0.15) is 6.61 Å². The Kier molecular flexibility index (Phi) is 5.65. The van der Waals surface area contributed by atoms with E-state index in [0.29, 0.717) is 12.5 Å². The molecule has 0 aliphatic carbocycles. The number of hydrogen-bond donors (Lipinski definition) is 0. The van der Waals surface area contributed by atoms with Crippen molar-refractivity contribution in [2.75, 3.05) is 40.0 Å². The maximum Gasteiger partial charge on any atom is 0.248 e.